The zero-order valence-corrected chi connectivity index (χ0v) is 9.10. The summed E-state index contributed by atoms with van der Waals surface area (Å²) in [6, 6.07) is 2.43. The van der Waals surface area contributed by atoms with Crippen LogP contribution in [0.3, 0.4) is 0 Å². The van der Waals surface area contributed by atoms with E-state index in [-0.39, 0.29) is 25.4 Å². The summed E-state index contributed by atoms with van der Waals surface area (Å²) in [7, 11) is -8.80. The van der Waals surface area contributed by atoms with Crippen molar-refractivity contribution in [3.05, 3.63) is 17.7 Å². The number of rotatable bonds is 5. The van der Waals surface area contributed by atoms with Crippen molar-refractivity contribution in [3.8, 4) is 17.2 Å². The van der Waals surface area contributed by atoms with E-state index < -0.39 is 38.4 Å². The van der Waals surface area contributed by atoms with E-state index in [1.165, 1.54) is 12.1 Å². The van der Waals surface area contributed by atoms with E-state index in [1.54, 1.807) is 0 Å². The summed E-state index contributed by atoms with van der Waals surface area (Å²) in [6.07, 6.45) is 0.253. The smallest absolute Gasteiger partial charge is 0.203 e. The Labute approximate surface area is 115 Å². The summed E-state index contributed by atoms with van der Waals surface area (Å²) in [5.41, 5.74) is 5.83. The highest BCUT2D eigenvalue weighted by Gasteiger charge is 2.12. The molecule has 0 aliphatic carbocycles. The highest BCUT2D eigenvalue weighted by atomic mass is 35.5. The maximum atomic E-state index is 7.16. The average Bonchev–Trinajstić information content (AvgIpc) is 2.28. The Morgan fingerprint density at radius 3 is 2.12 bits per heavy atom. The fourth-order valence-corrected chi connectivity index (χ4v) is 1.19. The summed E-state index contributed by atoms with van der Waals surface area (Å²) in [4.78, 5) is 0. The summed E-state index contributed by atoms with van der Waals surface area (Å²) in [5.74, 6) is -1.59. The number of methoxy groups -OCH3 is 3. The first-order valence-electron chi connectivity index (χ1n) is 8.64. The van der Waals surface area contributed by atoms with Crippen LogP contribution in [-0.2, 0) is 6.42 Å². The molecule has 0 spiro atoms. The number of hydrogen-bond acceptors (Lipinski definition) is 4. The Balaban J connectivity index is 0.00000576. The molecule has 92 valence electrons. The molecule has 0 fully saturated rings. The number of hydrogen-bond donors (Lipinski definition) is 1. The minimum absolute atomic E-state index is 0. The van der Waals surface area contributed by atoms with Crippen LogP contribution in [0.2, 0.25) is 0 Å². The molecule has 2 N–H and O–H groups in total. The molecule has 0 saturated heterocycles. The van der Waals surface area contributed by atoms with Crippen molar-refractivity contribution < 1.29 is 26.5 Å². The number of ether oxygens (including phenoxy) is 3. The Bertz CT molecular complexity index is 534. The summed E-state index contributed by atoms with van der Waals surface area (Å²) in [5, 5.41) is 0. The van der Waals surface area contributed by atoms with Crippen molar-refractivity contribution in [3.63, 3.8) is 0 Å². The van der Waals surface area contributed by atoms with Gasteiger partial charge in [-0.25, -0.2) is 0 Å². The van der Waals surface area contributed by atoms with Crippen LogP contribution in [-0.4, -0.2) is 27.7 Å². The first kappa shape index (κ1) is 5.47. The lowest BCUT2D eigenvalue weighted by molar-refractivity contribution is 0.324. The second-order valence-corrected chi connectivity index (χ2v) is 2.77. The molecule has 0 radical (unpaired) electrons. The molecule has 5 heteroatoms. The second kappa shape index (κ2) is 7.19. The van der Waals surface area contributed by atoms with E-state index in [2.05, 4.69) is 0 Å². The van der Waals surface area contributed by atoms with Gasteiger partial charge in [-0.15, -0.1) is 12.4 Å². The zero-order valence-electron chi connectivity index (χ0n) is 17.3. The lowest BCUT2D eigenvalue weighted by Crippen LogP contribution is -2.04. The molecule has 0 atom stereocenters. The number of halogens is 1. The standard InChI is InChI=1S/C11H17NO3.ClH/c1-13-9-6-8(4-5-12)7-10(14-2)11(9)15-3;/h6-7H,4-5,12H2,1-3H3;1H/i1D3,2D3,3D3;. The summed E-state index contributed by atoms with van der Waals surface area (Å²) >= 11 is 0. The van der Waals surface area contributed by atoms with Crippen LogP contribution in [0, 0.1) is 0 Å². The normalized spacial score (nSPS) is 19.9. The van der Waals surface area contributed by atoms with Gasteiger partial charge in [-0.3, -0.25) is 0 Å². The molecule has 1 aromatic rings. The molecule has 0 aliphatic rings. The topological polar surface area (TPSA) is 53.7 Å². The molecule has 0 saturated carbocycles. The van der Waals surface area contributed by atoms with Gasteiger partial charge in [0, 0.05) is 0 Å². The van der Waals surface area contributed by atoms with Crippen LogP contribution in [0.5, 0.6) is 17.2 Å². The van der Waals surface area contributed by atoms with Gasteiger partial charge < -0.3 is 19.9 Å². The van der Waals surface area contributed by atoms with Gasteiger partial charge in [0.2, 0.25) is 5.75 Å². The quantitative estimate of drug-likeness (QED) is 0.870. The fraction of sp³-hybridized carbons (Fsp3) is 0.455. The lowest BCUT2D eigenvalue weighted by atomic mass is 10.1. The molecule has 0 amide bonds. The van der Waals surface area contributed by atoms with Crippen molar-refractivity contribution in [1.82, 2.24) is 0 Å². The fourth-order valence-electron chi connectivity index (χ4n) is 1.19. The third kappa shape index (κ3) is 3.18. The van der Waals surface area contributed by atoms with Gasteiger partial charge in [0.1, 0.15) is 0 Å². The molecule has 0 bridgehead atoms. The molecular weight excluding hydrogens is 230 g/mol. The van der Waals surface area contributed by atoms with Crippen LogP contribution in [0.4, 0.5) is 0 Å². The SMILES string of the molecule is Cl.[2H]C([2H])([2H])Oc1cc(CCN)cc(OC([2H])([2H])[2H])c1OC([2H])([2H])[2H]. The molecule has 0 unspecified atom stereocenters. The molecule has 0 aliphatic heterocycles. The maximum Gasteiger partial charge on any atom is 0.203 e. The predicted molar refractivity (Wildman–Crippen MR) is 66.1 cm³/mol. The average molecular weight is 257 g/mol. The molecular formula is C11H18ClNO3. The molecule has 4 nitrogen and oxygen atoms in total. The van der Waals surface area contributed by atoms with E-state index >= 15 is 0 Å². The molecule has 1 rings (SSSR count). The van der Waals surface area contributed by atoms with Crippen molar-refractivity contribution in [1.29, 1.82) is 0 Å². The van der Waals surface area contributed by atoms with Crippen molar-refractivity contribution in [2.45, 2.75) is 6.42 Å². The highest BCUT2D eigenvalue weighted by molar-refractivity contribution is 5.85. The van der Waals surface area contributed by atoms with Crippen LogP contribution in [0.1, 0.15) is 17.9 Å². The molecule has 1 aromatic carbocycles. The van der Waals surface area contributed by atoms with E-state index in [0.29, 0.717) is 5.56 Å². The summed E-state index contributed by atoms with van der Waals surface area (Å²) < 4.78 is 78.6. The Morgan fingerprint density at radius 2 is 1.69 bits per heavy atom. The first-order chi connectivity index (χ1) is 10.7. The van der Waals surface area contributed by atoms with E-state index in [0.717, 1.165) is 0 Å². The molecule has 0 aromatic heterocycles. The summed E-state index contributed by atoms with van der Waals surface area (Å²) in [6.45, 7) is 0.180. The van der Waals surface area contributed by atoms with Gasteiger partial charge in [0.05, 0.1) is 33.5 Å². The second-order valence-electron chi connectivity index (χ2n) is 2.77. The van der Waals surface area contributed by atoms with Crippen LogP contribution in [0.15, 0.2) is 12.1 Å². The van der Waals surface area contributed by atoms with Crippen molar-refractivity contribution in [2.75, 3.05) is 27.7 Å². The van der Waals surface area contributed by atoms with Gasteiger partial charge in [-0.1, -0.05) is 0 Å². The third-order valence-electron chi connectivity index (χ3n) is 1.84. The van der Waals surface area contributed by atoms with Crippen molar-refractivity contribution in [2.24, 2.45) is 5.73 Å². The first-order valence-corrected chi connectivity index (χ1v) is 4.14. The highest BCUT2D eigenvalue weighted by Crippen LogP contribution is 2.38. The molecule has 0 heterocycles. The van der Waals surface area contributed by atoms with Crippen LogP contribution < -0.4 is 19.9 Å². The van der Waals surface area contributed by atoms with Crippen LogP contribution >= 0.6 is 12.4 Å². The van der Waals surface area contributed by atoms with Gasteiger partial charge >= 0.3 is 0 Å². The maximum absolute atomic E-state index is 7.16. The largest absolute Gasteiger partial charge is 0.493 e. The van der Waals surface area contributed by atoms with Crippen LogP contribution in [0.25, 0.3) is 0 Å². The van der Waals surface area contributed by atoms with Crippen molar-refractivity contribution >= 4 is 12.4 Å². The Hall–Kier alpha value is -1.13. The number of benzene rings is 1. The minimum atomic E-state index is -2.98. The zero-order chi connectivity index (χ0) is 18.8. The van der Waals surface area contributed by atoms with E-state index in [4.69, 9.17) is 32.3 Å². The van der Waals surface area contributed by atoms with Gasteiger partial charge in [0.25, 0.3) is 0 Å². The Kier molecular flexibility index (Phi) is 2.46. The lowest BCUT2D eigenvalue weighted by Gasteiger charge is -2.13. The number of nitrogens with two attached hydrogens (primary N) is 1. The minimum Gasteiger partial charge on any atom is -0.493 e. The van der Waals surface area contributed by atoms with Gasteiger partial charge in [-0.2, -0.15) is 0 Å². The van der Waals surface area contributed by atoms with Gasteiger partial charge in [0.15, 0.2) is 11.5 Å². The third-order valence-corrected chi connectivity index (χ3v) is 1.84. The predicted octanol–water partition coefficient (Wildman–Crippen LogP) is 1.64. The van der Waals surface area contributed by atoms with Gasteiger partial charge in [-0.05, 0) is 30.7 Å². The molecule has 16 heavy (non-hydrogen) atoms. The monoisotopic (exact) mass is 256 g/mol. The van der Waals surface area contributed by atoms with E-state index in [1.807, 2.05) is 0 Å². The Morgan fingerprint density at radius 1 is 1.12 bits per heavy atom. The van der Waals surface area contributed by atoms with E-state index in [9.17, 15) is 0 Å².